The lowest BCUT2D eigenvalue weighted by Gasteiger charge is -2.26. The molecule has 0 saturated carbocycles. The van der Waals surface area contributed by atoms with Crippen LogP contribution in [0.1, 0.15) is 24.8 Å². The van der Waals surface area contributed by atoms with Gasteiger partial charge in [-0.3, -0.25) is 4.90 Å². The minimum atomic E-state index is 0.514. The van der Waals surface area contributed by atoms with Crippen molar-refractivity contribution >= 4 is 0 Å². The Labute approximate surface area is 103 Å². The van der Waals surface area contributed by atoms with Gasteiger partial charge in [0.1, 0.15) is 6.61 Å². The van der Waals surface area contributed by atoms with Crippen LogP contribution in [0.3, 0.4) is 0 Å². The van der Waals surface area contributed by atoms with Gasteiger partial charge in [0.2, 0.25) is 5.88 Å². The maximum Gasteiger partial charge on any atom is 0.213 e. The summed E-state index contributed by atoms with van der Waals surface area (Å²) in [6.45, 7) is 7.58. The van der Waals surface area contributed by atoms with Gasteiger partial charge in [-0.1, -0.05) is 19.1 Å². The van der Waals surface area contributed by atoms with Crippen molar-refractivity contribution in [2.75, 3.05) is 19.7 Å². The molecule has 0 amide bonds. The van der Waals surface area contributed by atoms with Gasteiger partial charge in [-0.05, 0) is 37.6 Å². The molecule has 1 aliphatic heterocycles. The number of likely N-dealkylation sites (tertiary alicyclic amines) is 1. The zero-order valence-electron chi connectivity index (χ0n) is 10.3. The number of nitrogens with zero attached hydrogens (tertiary/aromatic N) is 2. The monoisotopic (exact) mass is 232 g/mol. The Bertz CT molecular complexity index is 359. The van der Waals surface area contributed by atoms with Crippen LogP contribution in [0.4, 0.5) is 0 Å². The van der Waals surface area contributed by atoms with E-state index >= 15 is 0 Å². The summed E-state index contributed by atoms with van der Waals surface area (Å²) in [6.07, 6.45) is 7.58. The fourth-order valence-electron chi connectivity index (χ4n) is 2.15. The van der Waals surface area contributed by atoms with E-state index < -0.39 is 0 Å². The van der Waals surface area contributed by atoms with Crippen molar-refractivity contribution in [1.29, 1.82) is 0 Å². The fourth-order valence-corrected chi connectivity index (χ4v) is 2.15. The Hall–Kier alpha value is -1.35. The number of rotatable bonds is 5. The summed E-state index contributed by atoms with van der Waals surface area (Å²) < 4.78 is 5.44. The molecule has 1 saturated heterocycles. The molecule has 0 unspecified atom stereocenters. The lowest BCUT2D eigenvalue weighted by Crippen LogP contribution is -2.29. The molecule has 1 aromatic heterocycles. The first-order valence-corrected chi connectivity index (χ1v) is 6.29. The lowest BCUT2D eigenvalue weighted by atomic mass is 10.1. The molecule has 1 fully saturated rings. The Kier molecular flexibility index (Phi) is 4.56. The smallest absolute Gasteiger partial charge is 0.213 e. The van der Waals surface area contributed by atoms with Gasteiger partial charge < -0.3 is 4.74 Å². The predicted octanol–water partition coefficient (Wildman–Crippen LogP) is 2.63. The van der Waals surface area contributed by atoms with Crippen molar-refractivity contribution in [1.82, 2.24) is 9.88 Å². The molecule has 92 valence electrons. The van der Waals surface area contributed by atoms with Gasteiger partial charge in [0.15, 0.2) is 0 Å². The van der Waals surface area contributed by atoms with E-state index in [4.69, 9.17) is 4.74 Å². The second-order valence-corrected chi connectivity index (χ2v) is 4.44. The van der Waals surface area contributed by atoms with Gasteiger partial charge in [0.05, 0.1) is 0 Å². The summed E-state index contributed by atoms with van der Waals surface area (Å²) in [5, 5.41) is 0. The van der Waals surface area contributed by atoms with E-state index in [1.54, 1.807) is 6.08 Å². The Morgan fingerprint density at radius 2 is 2.18 bits per heavy atom. The summed E-state index contributed by atoms with van der Waals surface area (Å²) in [6, 6.07) is 4.09. The number of hydrogen-bond donors (Lipinski definition) is 0. The van der Waals surface area contributed by atoms with Crippen LogP contribution >= 0.6 is 0 Å². The molecular formula is C14H20N2O. The van der Waals surface area contributed by atoms with Crippen LogP contribution in [0.15, 0.2) is 31.0 Å². The first kappa shape index (κ1) is 12.1. The molecule has 2 heterocycles. The summed E-state index contributed by atoms with van der Waals surface area (Å²) >= 11 is 0. The lowest BCUT2D eigenvalue weighted by molar-refractivity contribution is 0.220. The van der Waals surface area contributed by atoms with Crippen LogP contribution in [0.25, 0.3) is 0 Å². The summed E-state index contributed by atoms with van der Waals surface area (Å²) in [5.41, 5.74) is 1.28. The maximum absolute atomic E-state index is 5.44. The highest BCUT2D eigenvalue weighted by Gasteiger charge is 2.10. The van der Waals surface area contributed by atoms with Crippen molar-refractivity contribution in [2.24, 2.45) is 0 Å². The first-order chi connectivity index (χ1) is 8.38. The third-order valence-corrected chi connectivity index (χ3v) is 3.00. The maximum atomic E-state index is 5.44. The van der Waals surface area contributed by atoms with Crippen LogP contribution in [0, 0.1) is 0 Å². The highest BCUT2D eigenvalue weighted by atomic mass is 16.5. The van der Waals surface area contributed by atoms with Crippen LogP contribution < -0.4 is 4.74 Å². The molecule has 2 rings (SSSR count). The molecule has 0 bridgehead atoms. The number of aromatic nitrogens is 1. The zero-order chi connectivity index (χ0) is 11.9. The molecule has 1 aliphatic rings. The van der Waals surface area contributed by atoms with Crippen molar-refractivity contribution in [3.8, 4) is 5.88 Å². The molecule has 0 aromatic carbocycles. The molecule has 0 spiro atoms. The van der Waals surface area contributed by atoms with E-state index in [0.29, 0.717) is 12.5 Å². The normalized spacial score (nSPS) is 16.7. The van der Waals surface area contributed by atoms with E-state index in [0.717, 1.165) is 6.54 Å². The zero-order valence-corrected chi connectivity index (χ0v) is 10.3. The second kappa shape index (κ2) is 6.40. The quantitative estimate of drug-likeness (QED) is 0.730. The number of hydrogen-bond acceptors (Lipinski definition) is 3. The Balaban J connectivity index is 1.92. The predicted molar refractivity (Wildman–Crippen MR) is 69.1 cm³/mol. The van der Waals surface area contributed by atoms with E-state index in [1.165, 1.54) is 37.9 Å². The van der Waals surface area contributed by atoms with Crippen LogP contribution in [0.2, 0.25) is 0 Å². The van der Waals surface area contributed by atoms with Crippen molar-refractivity contribution < 1.29 is 4.74 Å². The van der Waals surface area contributed by atoms with E-state index in [1.807, 2.05) is 12.3 Å². The highest BCUT2D eigenvalue weighted by molar-refractivity contribution is 5.20. The third-order valence-electron chi connectivity index (χ3n) is 3.00. The SMILES string of the molecule is C=CCOc1cc(CN2CCCCC2)ccn1. The number of piperidine rings is 1. The average molecular weight is 232 g/mol. The van der Waals surface area contributed by atoms with Gasteiger partial charge in [0.25, 0.3) is 0 Å². The number of ether oxygens (including phenoxy) is 1. The van der Waals surface area contributed by atoms with Crippen LogP contribution in [0.5, 0.6) is 5.88 Å². The van der Waals surface area contributed by atoms with Crippen LogP contribution in [-0.2, 0) is 6.54 Å². The molecule has 3 heteroatoms. The summed E-state index contributed by atoms with van der Waals surface area (Å²) in [7, 11) is 0. The van der Waals surface area contributed by atoms with E-state index in [9.17, 15) is 0 Å². The summed E-state index contributed by atoms with van der Waals surface area (Å²) in [5.74, 6) is 0.694. The average Bonchev–Trinajstić information content (AvgIpc) is 2.38. The van der Waals surface area contributed by atoms with Gasteiger partial charge >= 0.3 is 0 Å². The molecule has 3 nitrogen and oxygen atoms in total. The molecule has 1 aromatic rings. The van der Waals surface area contributed by atoms with Crippen molar-refractivity contribution in [2.45, 2.75) is 25.8 Å². The van der Waals surface area contributed by atoms with E-state index in [-0.39, 0.29) is 0 Å². The molecular weight excluding hydrogens is 212 g/mol. The van der Waals surface area contributed by atoms with Gasteiger partial charge in [0, 0.05) is 18.8 Å². The van der Waals surface area contributed by atoms with Gasteiger partial charge in [-0.2, -0.15) is 0 Å². The van der Waals surface area contributed by atoms with Gasteiger partial charge in [-0.15, -0.1) is 0 Å². The molecule has 0 radical (unpaired) electrons. The minimum absolute atomic E-state index is 0.514. The van der Waals surface area contributed by atoms with Crippen LogP contribution in [-0.4, -0.2) is 29.6 Å². The molecule has 17 heavy (non-hydrogen) atoms. The standard InChI is InChI=1S/C14H20N2O/c1-2-10-17-14-11-13(6-7-15-14)12-16-8-4-3-5-9-16/h2,6-7,11H,1,3-5,8-10,12H2. The van der Waals surface area contributed by atoms with Crippen molar-refractivity contribution in [3.63, 3.8) is 0 Å². The highest BCUT2D eigenvalue weighted by Crippen LogP contribution is 2.15. The van der Waals surface area contributed by atoms with Gasteiger partial charge in [-0.25, -0.2) is 4.98 Å². The topological polar surface area (TPSA) is 25.4 Å². The largest absolute Gasteiger partial charge is 0.473 e. The Morgan fingerprint density at radius 1 is 1.35 bits per heavy atom. The first-order valence-electron chi connectivity index (χ1n) is 6.29. The van der Waals surface area contributed by atoms with Crippen molar-refractivity contribution in [3.05, 3.63) is 36.5 Å². The third kappa shape index (κ3) is 3.86. The molecule has 0 atom stereocenters. The minimum Gasteiger partial charge on any atom is -0.473 e. The fraction of sp³-hybridized carbons (Fsp3) is 0.500. The summed E-state index contributed by atoms with van der Waals surface area (Å²) in [4.78, 5) is 6.68. The molecule has 0 aliphatic carbocycles. The number of pyridine rings is 1. The Morgan fingerprint density at radius 3 is 2.94 bits per heavy atom. The second-order valence-electron chi connectivity index (χ2n) is 4.44. The molecule has 0 N–H and O–H groups in total. The van der Waals surface area contributed by atoms with E-state index in [2.05, 4.69) is 22.5 Å².